The summed E-state index contributed by atoms with van der Waals surface area (Å²) in [4.78, 5) is 15.3. The zero-order chi connectivity index (χ0) is 25.7. The molecule has 188 valence electrons. The number of nitrogens with zero attached hydrogens (tertiary/aromatic N) is 1. The molecule has 4 nitrogen and oxygen atoms in total. The van der Waals surface area contributed by atoms with Gasteiger partial charge in [-0.2, -0.15) is 0 Å². The molecule has 0 fully saturated rings. The summed E-state index contributed by atoms with van der Waals surface area (Å²) >= 11 is 0. The van der Waals surface area contributed by atoms with Crippen molar-refractivity contribution in [2.75, 3.05) is 23.3 Å². The van der Waals surface area contributed by atoms with Crippen molar-refractivity contribution in [1.82, 2.24) is 5.32 Å². The smallest absolute Gasteiger partial charge is 0.319 e. The number of halogens is 1. The molecule has 0 saturated heterocycles. The average Bonchev–Trinajstić information content (AvgIpc) is 2.80. The second-order valence-corrected chi connectivity index (χ2v) is 11.6. The molecule has 0 saturated carbocycles. The van der Waals surface area contributed by atoms with Crippen molar-refractivity contribution in [2.45, 2.75) is 64.3 Å². The summed E-state index contributed by atoms with van der Waals surface area (Å²) in [6, 6.07) is 19.8. The second-order valence-electron chi connectivity index (χ2n) is 11.6. The molecule has 2 amide bonds. The summed E-state index contributed by atoms with van der Waals surface area (Å²) in [7, 11) is 0. The van der Waals surface area contributed by atoms with E-state index in [0.29, 0.717) is 0 Å². The van der Waals surface area contributed by atoms with Gasteiger partial charge in [0.25, 0.3) is 0 Å². The fourth-order valence-corrected chi connectivity index (χ4v) is 5.90. The first-order valence-corrected chi connectivity index (χ1v) is 12.9. The van der Waals surface area contributed by atoms with Crippen LogP contribution in [-0.4, -0.2) is 24.7 Å². The van der Waals surface area contributed by atoms with Crippen LogP contribution in [-0.2, 0) is 5.41 Å². The van der Waals surface area contributed by atoms with Gasteiger partial charge in [0.2, 0.25) is 0 Å². The van der Waals surface area contributed by atoms with Gasteiger partial charge in [0.15, 0.2) is 0 Å². The molecule has 2 aliphatic rings. The molecule has 5 heteroatoms. The van der Waals surface area contributed by atoms with E-state index in [1.165, 1.54) is 28.4 Å². The summed E-state index contributed by atoms with van der Waals surface area (Å²) in [5.41, 5.74) is 7.36. The fourth-order valence-electron chi connectivity index (χ4n) is 5.90. The van der Waals surface area contributed by atoms with E-state index in [9.17, 15) is 9.18 Å². The molecule has 0 radical (unpaired) electrons. The zero-order valence-electron chi connectivity index (χ0n) is 21.9. The van der Waals surface area contributed by atoms with Gasteiger partial charge in [0, 0.05) is 41.3 Å². The number of amides is 2. The second kappa shape index (κ2) is 8.95. The molecule has 2 aliphatic heterocycles. The van der Waals surface area contributed by atoms with Crippen molar-refractivity contribution in [3.05, 3.63) is 94.3 Å². The molecule has 2 N–H and O–H groups in total. The molecule has 5 rings (SSSR count). The Morgan fingerprint density at radius 2 is 1.83 bits per heavy atom. The third-order valence-electron chi connectivity index (χ3n) is 7.65. The van der Waals surface area contributed by atoms with Crippen molar-refractivity contribution in [1.29, 1.82) is 0 Å². The Kier molecular flexibility index (Phi) is 6.06. The molecule has 0 bridgehead atoms. The van der Waals surface area contributed by atoms with Crippen LogP contribution in [0.3, 0.4) is 0 Å². The van der Waals surface area contributed by atoms with Gasteiger partial charge in [0.05, 0.1) is 0 Å². The van der Waals surface area contributed by atoms with Gasteiger partial charge in [-0.1, -0.05) is 48.9 Å². The SMILES string of the molecule is Cc1cccc([C@]2(C)CCN3CC[C@@H](c4cccc(F)c4)c4cc(NC(=O)NC(C)(C)C)cc2c43)c1. The number of urea groups is 1. The topological polar surface area (TPSA) is 44.4 Å². The monoisotopic (exact) mass is 485 g/mol. The first-order chi connectivity index (χ1) is 17.0. The predicted molar refractivity (Wildman–Crippen MR) is 146 cm³/mol. The lowest BCUT2D eigenvalue weighted by molar-refractivity contribution is 0.244. The first-order valence-electron chi connectivity index (χ1n) is 12.9. The van der Waals surface area contributed by atoms with Gasteiger partial charge in [0.1, 0.15) is 5.82 Å². The van der Waals surface area contributed by atoms with Crippen molar-refractivity contribution < 1.29 is 9.18 Å². The highest BCUT2D eigenvalue weighted by Crippen LogP contribution is 2.52. The maximum Gasteiger partial charge on any atom is 0.319 e. The number of hydrogen-bond donors (Lipinski definition) is 2. The molecule has 0 spiro atoms. The number of anilines is 2. The number of hydrogen-bond acceptors (Lipinski definition) is 2. The van der Waals surface area contributed by atoms with Crippen molar-refractivity contribution >= 4 is 17.4 Å². The number of nitrogens with one attached hydrogen (secondary N) is 2. The Bertz CT molecular complexity index is 1310. The summed E-state index contributed by atoms with van der Waals surface area (Å²) < 4.78 is 14.2. The lowest BCUT2D eigenvalue weighted by Crippen LogP contribution is -2.44. The van der Waals surface area contributed by atoms with E-state index in [-0.39, 0.29) is 28.7 Å². The van der Waals surface area contributed by atoms with Crippen molar-refractivity contribution in [2.24, 2.45) is 0 Å². The van der Waals surface area contributed by atoms with E-state index in [1.807, 2.05) is 26.8 Å². The predicted octanol–water partition coefficient (Wildman–Crippen LogP) is 7.11. The van der Waals surface area contributed by atoms with Crippen LogP contribution in [0, 0.1) is 12.7 Å². The molecule has 0 aromatic heterocycles. The quantitative estimate of drug-likeness (QED) is 0.415. The molecule has 2 heterocycles. The number of carbonyl (C=O) groups excluding carboxylic acids is 1. The lowest BCUT2D eigenvalue weighted by Gasteiger charge is -2.47. The number of carbonyl (C=O) groups is 1. The Labute approximate surface area is 213 Å². The highest BCUT2D eigenvalue weighted by molar-refractivity contribution is 5.91. The van der Waals surface area contributed by atoms with E-state index >= 15 is 0 Å². The molecular formula is C31H36FN3O. The Morgan fingerprint density at radius 3 is 2.56 bits per heavy atom. The van der Waals surface area contributed by atoms with E-state index in [4.69, 9.17) is 0 Å². The van der Waals surface area contributed by atoms with Crippen LogP contribution in [0.15, 0.2) is 60.7 Å². The molecule has 0 aliphatic carbocycles. The van der Waals surface area contributed by atoms with Gasteiger partial charge in [-0.3, -0.25) is 0 Å². The third-order valence-corrected chi connectivity index (χ3v) is 7.65. The summed E-state index contributed by atoms with van der Waals surface area (Å²) in [5, 5.41) is 6.11. The minimum Gasteiger partial charge on any atom is -0.371 e. The number of rotatable bonds is 3. The molecule has 3 aromatic carbocycles. The fraction of sp³-hybridized carbons (Fsp3) is 0.387. The summed E-state index contributed by atoms with van der Waals surface area (Å²) in [6.07, 6.45) is 1.90. The summed E-state index contributed by atoms with van der Waals surface area (Å²) in [6.45, 7) is 12.3. The molecule has 3 aromatic rings. The largest absolute Gasteiger partial charge is 0.371 e. The van der Waals surface area contributed by atoms with Gasteiger partial charge in [-0.15, -0.1) is 0 Å². The minimum atomic E-state index is -0.344. The van der Waals surface area contributed by atoms with Crippen molar-refractivity contribution in [3.63, 3.8) is 0 Å². The van der Waals surface area contributed by atoms with Crippen LogP contribution in [0.4, 0.5) is 20.6 Å². The third kappa shape index (κ3) is 4.59. The standard InChI is InChI=1S/C31H36FN3O/c1-20-8-6-10-22(16-20)31(5)13-15-35-14-12-25(21-9-7-11-23(32)17-21)26-18-24(19-27(31)28(26)35)33-29(36)34-30(2,3)4/h6-11,16-19,25H,12-15H2,1-5H3,(H2,33,34,36)/t25-,31-/m0/s1. The Balaban J connectivity index is 1.68. The van der Waals surface area contributed by atoms with Crippen LogP contribution in [0.25, 0.3) is 0 Å². The van der Waals surface area contributed by atoms with Gasteiger partial charge in [-0.05, 0) is 87.1 Å². The minimum absolute atomic E-state index is 0.0676. The molecule has 0 unspecified atom stereocenters. The summed E-state index contributed by atoms with van der Waals surface area (Å²) in [5.74, 6) is -0.148. The molecular weight excluding hydrogens is 449 g/mol. The van der Waals surface area contributed by atoms with Crippen LogP contribution >= 0.6 is 0 Å². The number of aryl methyl sites for hydroxylation is 1. The van der Waals surface area contributed by atoms with Gasteiger partial charge < -0.3 is 15.5 Å². The maximum atomic E-state index is 14.2. The van der Waals surface area contributed by atoms with E-state index < -0.39 is 0 Å². The first kappa shape index (κ1) is 24.4. The van der Waals surface area contributed by atoms with E-state index in [0.717, 1.165) is 42.7 Å². The van der Waals surface area contributed by atoms with Gasteiger partial charge >= 0.3 is 6.03 Å². The lowest BCUT2D eigenvalue weighted by atomic mass is 9.68. The van der Waals surface area contributed by atoms with Crippen LogP contribution < -0.4 is 15.5 Å². The molecule has 36 heavy (non-hydrogen) atoms. The maximum absolute atomic E-state index is 14.2. The van der Waals surface area contributed by atoms with E-state index in [2.05, 4.69) is 65.8 Å². The van der Waals surface area contributed by atoms with Crippen LogP contribution in [0.1, 0.15) is 74.3 Å². The average molecular weight is 486 g/mol. The van der Waals surface area contributed by atoms with Crippen molar-refractivity contribution in [3.8, 4) is 0 Å². The highest BCUT2D eigenvalue weighted by atomic mass is 19.1. The highest BCUT2D eigenvalue weighted by Gasteiger charge is 2.41. The Morgan fingerprint density at radius 1 is 1.06 bits per heavy atom. The van der Waals surface area contributed by atoms with Crippen LogP contribution in [0.5, 0.6) is 0 Å². The zero-order valence-corrected chi connectivity index (χ0v) is 21.9. The van der Waals surface area contributed by atoms with Gasteiger partial charge in [-0.25, -0.2) is 9.18 Å². The van der Waals surface area contributed by atoms with Crippen LogP contribution in [0.2, 0.25) is 0 Å². The number of benzene rings is 3. The normalized spacial score (nSPS) is 21.1. The van der Waals surface area contributed by atoms with E-state index in [1.54, 1.807) is 12.1 Å². The molecule has 2 atom stereocenters. The Hall–Kier alpha value is -3.34.